The third-order valence-corrected chi connectivity index (χ3v) is 5.39. The first-order valence-electron chi connectivity index (χ1n) is 9.05. The molecule has 3 heterocycles. The highest BCUT2D eigenvalue weighted by Gasteiger charge is 2.57. The van der Waals surface area contributed by atoms with Gasteiger partial charge in [-0.15, -0.1) is 0 Å². The molecule has 2 fully saturated rings. The van der Waals surface area contributed by atoms with Crippen LogP contribution < -0.4 is 11.2 Å². The third-order valence-electron chi connectivity index (χ3n) is 5.39. The minimum Gasteiger partial charge on any atom is -0.393 e. The number of fused-ring (bicyclic) bond motifs is 1. The highest BCUT2D eigenvalue weighted by molar-refractivity contribution is 5.17. The first kappa shape index (κ1) is 19.0. The maximum Gasteiger partial charge on any atom is 0.330 e. The van der Waals surface area contributed by atoms with E-state index in [9.17, 15) is 19.8 Å². The Morgan fingerprint density at radius 3 is 2.68 bits per heavy atom. The highest BCUT2D eigenvalue weighted by Crippen LogP contribution is 2.44. The molecule has 0 saturated carbocycles. The van der Waals surface area contributed by atoms with Crippen molar-refractivity contribution in [3.8, 4) is 0 Å². The fourth-order valence-electron chi connectivity index (χ4n) is 3.78. The molecule has 1 aromatic carbocycles. The summed E-state index contributed by atoms with van der Waals surface area (Å²) in [5.41, 5.74) is -1.76. The van der Waals surface area contributed by atoms with Gasteiger partial charge in [-0.2, -0.15) is 0 Å². The van der Waals surface area contributed by atoms with Gasteiger partial charge in [-0.25, -0.2) is 4.79 Å². The summed E-state index contributed by atoms with van der Waals surface area (Å²) < 4.78 is 19.0. The second-order valence-corrected chi connectivity index (χ2v) is 7.21. The van der Waals surface area contributed by atoms with Crippen LogP contribution in [0.1, 0.15) is 25.0 Å². The summed E-state index contributed by atoms with van der Waals surface area (Å²) in [5, 5.41) is 21.0. The molecule has 1 aromatic heterocycles. The summed E-state index contributed by atoms with van der Waals surface area (Å²) in [5.74, 6) is -0.553. The van der Waals surface area contributed by atoms with Crippen LogP contribution in [0.5, 0.6) is 0 Å². The zero-order chi connectivity index (χ0) is 19.9. The maximum atomic E-state index is 12.2. The van der Waals surface area contributed by atoms with Crippen molar-refractivity contribution in [2.75, 3.05) is 13.2 Å². The van der Waals surface area contributed by atoms with E-state index in [4.69, 9.17) is 14.2 Å². The Balaban J connectivity index is 1.66. The number of aliphatic hydroxyl groups is 2. The number of benzene rings is 1. The molecule has 9 heteroatoms. The smallest absolute Gasteiger partial charge is 0.330 e. The number of nitrogens with one attached hydrogen (secondary N) is 1. The van der Waals surface area contributed by atoms with Crippen LogP contribution in [0.15, 0.2) is 52.2 Å². The number of H-pyrrole nitrogens is 1. The molecule has 2 aliphatic rings. The Morgan fingerprint density at radius 1 is 1.25 bits per heavy atom. The number of aliphatic hydroxyl groups excluding tert-OH is 2. The summed E-state index contributed by atoms with van der Waals surface area (Å²) >= 11 is 0. The van der Waals surface area contributed by atoms with E-state index in [-0.39, 0.29) is 6.61 Å². The van der Waals surface area contributed by atoms with Crippen LogP contribution in [0.2, 0.25) is 0 Å². The number of ether oxygens (including phenoxy) is 3. The third kappa shape index (κ3) is 3.11. The van der Waals surface area contributed by atoms with Crippen molar-refractivity contribution in [3.05, 3.63) is 69.0 Å². The second kappa shape index (κ2) is 7.26. The molecule has 0 bridgehead atoms. The van der Waals surface area contributed by atoms with Crippen molar-refractivity contribution in [2.24, 2.45) is 5.92 Å². The van der Waals surface area contributed by atoms with Gasteiger partial charge in [0.25, 0.3) is 5.56 Å². The Hall–Kier alpha value is -2.30. The van der Waals surface area contributed by atoms with Crippen LogP contribution in [0.3, 0.4) is 0 Å². The van der Waals surface area contributed by atoms with Crippen molar-refractivity contribution in [3.63, 3.8) is 0 Å². The number of aromatic amines is 1. The van der Waals surface area contributed by atoms with Gasteiger partial charge in [0.2, 0.25) is 0 Å². The van der Waals surface area contributed by atoms with Gasteiger partial charge < -0.3 is 24.4 Å². The second-order valence-electron chi connectivity index (χ2n) is 7.21. The minimum absolute atomic E-state index is 0.0356. The maximum absolute atomic E-state index is 12.2. The van der Waals surface area contributed by atoms with Gasteiger partial charge in [0.1, 0.15) is 17.9 Å². The molecule has 2 saturated heterocycles. The molecule has 150 valence electrons. The lowest BCUT2D eigenvalue weighted by atomic mass is 9.82. The molecule has 3 N–H and O–H groups in total. The fourth-order valence-corrected chi connectivity index (χ4v) is 3.78. The van der Waals surface area contributed by atoms with Crippen molar-refractivity contribution >= 4 is 0 Å². The molecular weight excluding hydrogens is 368 g/mol. The fraction of sp³-hybridized carbons (Fsp3) is 0.474. The van der Waals surface area contributed by atoms with Gasteiger partial charge in [-0.3, -0.25) is 14.3 Å². The first-order chi connectivity index (χ1) is 13.4. The molecule has 2 aromatic rings. The number of hydrogen-bond acceptors (Lipinski definition) is 7. The number of hydrogen-bond donors (Lipinski definition) is 3. The van der Waals surface area contributed by atoms with Crippen molar-refractivity contribution < 1.29 is 24.4 Å². The summed E-state index contributed by atoms with van der Waals surface area (Å²) in [6, 6.07) is 10.5. The number of aromatic nitrogens is 2. The zero-order valence-corrected chi connectivity index (χ0v) is 15.2. The van der Waals surface area contributed by atoms with Crippen LogP contribution in [-0.2, 0) is 14.2 Å². The first-order valence-corrected chi connectivity index (χ1v) is 9.05. The van der Waals surface area contributed by atoms with E-state index in [1.807, 2.05) is 30.3 Å². The van der Waals surface area contributed by atoms with E-state index in [2.05, 4.69) is 4.98 Å². The van der Waals surface area contributed by atoms with E-state index in [0.717, 1.165) is 5.56 Å². The lowest BCUT2D eigenvalue weighted by molar-refractivity contribution is -0.375. The van der Waals surface area contributed by atoms with Crippen LogP contribution in [0, 0.1) is 5.92 Å². The largest absolute Gasteiger partial charge is 0.393 e. The van der Waals surface area contributed by atoms with Crippen LogP contribution >= 0.6 is 0 Å². The molecule has 0 aliphatic carbocycles. The predicted molar refractivity (Wildman–Crippen MR) is 96.4 cm³/mol. The van der Waals surface area contributed by atoms with E-state index in [1.54, 1.807) is 6.92 Å². The Kier molecular flexibility index (Phi) is 4.94. The van der Waals surface area contributed by atoms with Crippen LogP contribution in [-0.4, -0.2) is 50.8 Å². The molecule has 28 heavy (non-hydrogen) atoms. The normalized spacial score (nSPS) is 35.3. The van der Waals surface area contributed by atoms with Gasteiger partial charge in [-0.05, 0) is 0 Å². The molecule has 0 radical (unpaired) electrons. The highest BCUT2D eigenvalue weighted by atomic mass is 16.7. The van der Waals surface area contributed by atoms with Gasteiger partial charge >= 0.3 is 5.69 Å². The molecule has 6 atom stereocenters. The molecule has 0 amide bonds. The predicted octanol–water partition coefficient (Wildman–Crippen LogP) is -0.0923. The van der Waals surface area contributed by atoms with Crippen LogP contribution in [0.25, 0.3) is 0 Å². The molecule has 4 rings (SSSR count). The molecule has 9 nitrogen and oxygen atoms in total. The molecular formula is C19H22N2O7. The van der Waals surface area contributed by atoms with Gasteiger partial charge in [0.15, 0.2) is 6.29 Å². The Labute approximate surface area is 160 Å². The Bertz CT molecular complexity index is 943. The van der Waals surface area contributed by atoms with Crippen molar-refractivity contribution in [1.29, 1.82) is 0 Å². The molecule has 0 spiro atoms. The molecule has 1 unspecified atom stereocenters. The standard InChI is InChI=1S/C19H22N2O7/c1-11-14(24)15-19(9-22,10-26-17(27-15)12-5-3-2-4-6-12)28-16(11)21-8-7-13(23)20-18(21)25/h2-8,11,14-17,22,24H,9-10H2,1H3,(H,20,23,25)/t11-,14-,15?,16-,17-,19-/m1/s1. The van der Waals surface area contributed by atoms with Crippen molar-refractivity contribution in [1.82, 2.24) is 9.55 Å². The molecule has 2 aliphatic heterocycles. The summed E-state index contributed by atoms with van der Waals surface area (Å²) in [6.07, 6.45) is -2.22. The van der Waals surface area contributed by atoms with E-state index < -0.39 is 54.1 Å². The average molecular weight is 390 g/mol. The van der Waals surface area contributed by atoms with Gasteiger partial charge in [-0.1, -0.05) is 37.3 Å². The topological polar surface area (TPSA) is 123 Å². The lowest BCUT2D eigenvalue weighted by Gasteiger charge is -2.53. The monoisotopic (exact) mass is 390 g/mol. The SMILES string of the molecule is C[C@H]1[C@H](n2ccc(=O)[nH]c2=O)O[C@]2(CO)CO[C@@H](c3ccccc3)OC2[C@@H]1O. The minimum atomic E-state index is -1.35. The summed E-state index contributed by atoms with van der Waals surface area (Å²) in [7, 11) is 0. The summed E-state index contributed by atoms with van der Waals surface area (Å²) in [4.78, 5) is 25.7. The lowest BCUT2D eigenvalue weighted by Crippen LogP contribution is -2.67. The van der Waals surface area contributed by atoms with E-state index >= 15 is 0 Å². The average Bonchev–Trinajstić information content (AvgIpc) is 2.71. The van der Waals surface area contributed by atoms with E-state index in [0.29, 0.717) is 0 Å². The van der Waals surface area contributed by atoms with Crippen LogP contribution in [0.4, 0.5) is 0 Å². The zero-order valence-electron chi connectivity index (χ0n) is 15.2. The summed E-state index contributed by atoms with van der Waals surface area (Å²) in [6.45, 7) is 1.20. The Morgan fingerprint density at radius 2 is 2.00 bits per heavy atom. The number of nitrogens with zero attached hydrogens (tertiary/aromatic N) is 1. The van der Waals surface area contributed by atoms with Gasteiger partial charge in [0.05, 0.1) is 19.3 Å². The van der Waals surface area contributed by atoms with Gasteiger partial charge in [0, 0.05) is 23.7 Å². The number of rotatable bonds is 3. The van der Waals surface area contributed by atoms with E-state index in [1.165, 1.54) is 16.8 Å². The van der Waals surface area contributed by atoms with Crippen molar-refractivity contribution in [2.45, 2.75) is 37.3 Å². The quantitative estimate of drug-likeness (QED) is 0.669.